The van der Waals surface area contributed by atoms with Gasteiger partial charge in [0.25, 0.3) is 0 Å². The summed E-state index contributed by atoms with van der Waals surface area (Å²) < 4.78 is 0. The van der Waals surface area contributed by atoms with Crippen LogP contribution in [0.5, 0.6) is 0 Å². The highest BCUT2D eigenvalue weighted by atomic mass is 16.4. The highest BCUT2D eigenvalue weighted by Gasteiger charge is 2.25. The van der Waals surface area contributed by atoms with E-state index in [1.54, 1.807) is 6.08 Å². The van der Waals surface area contributed by atoms with Crippen molar-refractivity contribution in [3.8, 4) is 0 Å². The van der Waals surface area contributed by atoms with Gasteiger partial charge in [-0.1, -0.05) is 81.5 Å². The number of aliphatic hydroxyl groups is 2. The van der Waals surface area contributed by atoms with Gasteiger partial charge in [0.1, 0.15) is 24.1 Å². The maximum Gasteiger partial charge on any atom is 0.326 e. The number of aliphatic carboxylic acids is 2. The number of anilines is 4. The summed E-state index contributed by atoms with van der Waals surface area (Å²) in [6.07, 6.45) is 13.9. The van der Waals surface area contributed by atoms with Crippen LogP contribution in [0, 0.1) is 0 Å². The summed E-state index contributed by atoms with van der Waals surface area (Å²) in [5.41, 5.74) is 4.37. The molecule has 388 valence electrons. The Bertz CT molecular complexity index is 2190. The Kier molecular flexibility index (Phi) is 23.7. The van der Waals surface area contributed by atoms with Gasteiger partial charge in [0.05, 0.1) is 13.1 Å². The number of hydrogen-bond acceptors (Lipinski definition) is 14. The fraction of sp³-hybridized carbons (Fsp3) is 0.558. The van der Waals surface area contributed by atoms with Crippen LogP contribution in [0.1, 0.15) is 120 Å². The Balaban J connectivity index is 1.06. The molecule has 71 heavy (non-hydrogen) atoms. The molecule has 0 saturated carbocycles. The number of carbonyl (C=O) groups excluding carboxylic acids is 2. The van der Waals surface area contributed by atoms with Crippen LogP contribution in [0.15, 0.2) is 77.8 Å². The predicted octanol–water partition coefficient (Wildman–Crippen LogP) is 7.16. The maximum atomic E-state index is 12.4. The van der Waals surface area contributed by atoms with Crippen LogP contribution in [0.4, 0.5) is 28.3 Å². The molecule has 3 amide bonds. The Morgan fingerprint density at radius 3 is 2.24 bits per heavy atom. The largest absolute Gasteiger partial charge is 0.511 e. The first-order valence-electron chi connectivity index (χ1n) is 25.5. The zero-order chi connectivity index (χ0) is 50.8. The van der Waals surface area contributed by atoms with Crippen molar-refractivity contribution in [2.24, 2.45) is 0 Å². The lowest BCUT2D eigenvalue weighted by molar-refractivity contribution is -0.139. The lowest BCUT2D eigenvalue weighted by Gasteiger charge is -2.32. The van der Waals surface area contributed by atoms with Crippen LogP contribution in [0.25, 0.3) is 0 Å². The summed E-state index contributed by atoms with van der Waals surface area (Å²) in [6.45, 7) is 5.93. The molecule has 3 aromatic rings. The van der Waals surface area contributed by atoms with Crippen LogP contribution < -0.4 is 36.8 Å². The fourth-order valence-electron chi connectivity index (χ4n) is 8.87. The highest BCUT2D eigenvalue weighted by molar-refractivity contribution is 5.84. The van der Waals surface area contributed by atoms with Crippen LogP contribution in [-0.4, -0.2) is 136 Å². The average molecular weight is 984 g/mol. The number of hydrogen-bond donors (Lipinski definition) is 10. The second-order valence-electron chi connectivity index (χ2n) is 18.6. The number of aryl methyl sites for hydroxylation is 1. The van der Waals surface area contributed by atoms with Gasteiger partial charge in [-0.25, -0.2) is 9.59 Å². The van der Waals surface area contributed by atoms with E-state index in [0.717, 1.165) is 95.1 Å². The van der Waals surface area contributed by atoms with Gasteiger partial charge >= 0.3 is 18.0 Å². The molecule has 1 fully saturated rings. The van der Waals surface area contributed by atoms with E-state index in [0.29, 0.717) is 93.6 Å². The number of benzene rings is 2. The number of carboxylic acid groups (broad SMARTS) is 2. The number of urea groups is 1. The molecule has 10 N–H and O–H groups in total. The third-order valence-corrected chi connectivity index (χ3v) is 13.1. The van der Waals surface area contributed by atoms with Crippen molar-refractivity contribution >= 4 is 47.4 Å². The first kappa shape index (κ1) is 55.5. The molecular weight excluding hydrogens is 907 g/mol. The number of aromatic nitrogens is 3. The molecule has 0 spiro atoms. The molecule has 0 aliphatic carbocycles. The van der Waals surface area contributed by atoms with E-state index in [-0.39, 0.29) is 18.4 Å². The molecule has 2 aliphatic rings. The number of allylic oxidation sites excluding steroid dienone is 1. The van der Waals surface area contributed by atoms with Gasteiger partial charge in [-0.3, -0.25) is 14.5 Å². The Morgan fingerprint density at radius 2 is 1.51 bits per heavy atom. The Hall–Kier alpha value is -6.47. The van der Waals surface area contributed by atoms with E-state index < -0.39 is 30.6 Å². The minimum Gasteiger partial charge on any atom is -0.511 e. The lowest BCUT2D eigenvalue weighted by atomic mass is 9.90. The van der Waals surface area contributed by atoms with Gasteiger partial charge in [-0.15, -0.1) is 0 Å². The van der Waals surface area contributed by atoms with Crippen molar-refractivity contribution in [1.82, 2.24) is 41.1 Å². The summed E-state index contributed by atoms with van der Waals surface area (Å²) >= 11 is 0. The topological polar surface area (TPSA) is 267 Å². The van der Waals surface area contributed by atoms with E-state index in [9.17, 15) is 34.5 Å². The quantitative estimate of drug-likeness (QED) is 0.0244. The van der Waals surface area contributed by atoms with E-state index in [1.165, 1.54) is 11.1 Å². The number of nitrogens with one attached hydrogen (secondary N) is 6. The molecule has 0 bridgehead atoms. The molecule has 2 aliphatic heterocycles. The zero-order valence-electron chi connectivity index (χ0n) is 41.6. The standard InChI is InChI=1S/C52H77N11O8/c1-3-53-34-45(65)40-22-26-43(64)36-62(2)42(33-40)25-21-37-19-23-41(24-20-37)57-50-59-49(60-51(61-50)63-31-27-39(28-32-63)38-15-9-7-10-16-38)55-30-13-6-4-5-12-18-46(66)54-29-14-8-11-17-44(48(69)70)58-52(71)56-35-47(67)68/h7,9-10,15-16,19-20,23-24,26,39,42,44,53,64-65H,3-6,8,11-14,17-18,21-22,25,27-36H2,1-2H3,(H,54,66)(H,67,68)(H,69,70)(H2,56,58,71)(H2,55,57,59,60,61)/b43-26+,45-40-/t42?,44-/m0/s1. The van der Waals surface area contributed by atoms with E-state index in [1.807, 2.05) is 26.1 Å². The van der Waals surface area contributed by atoms with Gasteiger partial charge in [-0.2, -0.15) is 15.0 Å². The number of likely N-dealkylation sites (N-methyl/N-ethyl adjacent to an activating group) is 2. The molecule has 3 heterocycles. The van der Waals surface area contributed by atoms with Gasteiger partial charge < -0.3 is 57.2 Å². The molecule has 2 atom stereocenters. The number of unbranched alkanes of at least 4 members (excludes halogenated alkanes) is 6. The zero-order valence-corrected chi connectivity index (χ0v) is 41.6. The lowest BCUT2D eigenvalue weighted by Crippen LogP contribution is -2.47. The second kappa shape index (κ2) is 30.3. The minimum atomic E-state index is -1.23. The number of piperidine rings is 1. The third-order valence-electron chi connectivity index (χ3n) is 13.1. The number of nitrogens with zero attached hydrogens (tertiary/aromatic N) is 5. The molecule has 1 saturated heterocycles. The van der Waals surface area contributed by atoms with Crippen molar-refractivity contribution in [3.63, 3.8) is 0 Å². The summed E-state index contributed by atoms with van der Waals surface area (Å²) in [5.74, 6) is 0.368. The predicted molar refractivity (Wildman–Crippen MR) is 276 cm³/mol. The summed E-state index contributed by atoms with van der Waals surface area (Å²) in [4.78, 5) is 65.2. The molecule has 1 aromatic heterocycles. The fourth-order valence-corrected chi connectivity index (χ4v) is 8.87. The molecular formula is C52H77N11O8. The van der Waals surface area contributed by atoms with Gasteiger partial charge in [0, 0.05) is 44.3 Å². The van der Waals surface area contributed by atoms with E-state index >= 15 is 0 Å². The van der Waals surface area contributed by atoms with Crippen molar-refractivity contribution in [1.29, 1.82) is 0 Å². The second-order valence-corrected chi connectivity index (χ2v) is 18.6. The number of carboxylic acids is 2. The normalized spacial score (nSPS) is 17.5. The molecule has 2 aromatic carbocycles. The molecule has 5 rings (SSSR count). The number of aliphatic hydroxyl groups excluding tert-OH is 2. The third kappa shape index (κ3) is 20.4. The van der Waals surface area contributed by atoms with Crippen molar-refractivity contribution in [2.45, 2.75) is 128 Å². The van der Waals surface area contributed by atoms with Crippen molar-refractivity contribution < 1.29 is 39.6 Å². The van der Waals surface area contributed by atoms with Crippen LogP contribution in [0.2, 0.25) is 0 Å². The summed E-state index contributed by atoms with van der Waals surface area (Å²) in [7, 11) is 2.03. The average Bonchev–Trinajstić information content (AvgIpc) is 3.36. The van der Waals surface area contributed by atoms with Crippen molar-refractivity contribution in [3.05, 3.63) is 88.9 Å². The number of amides is 3. The summed E-state index contributed by atoms with van der Waals surface area (Å²) in [6, 6.07) is 17.2. The monoisotopic (exact) mass is 984 g/mol. The van der Waals surface area contributed by atoms with Gasteiger partial charge in [-0.05, 0) is 119 Å². The molecule has 19 heteroatoms. The minimum absolute atomic E-state index is 0.0128. The van der Waals surface area contributed by atoms with E-state index in [2.05, 4.69) is 84.2 Å². The smallest absolute Gasteiger partial charge is 0.326 e. The van der Waals surface area contributed by atoms with E-state index in [4.69, 9.17) is 20.1 Å². The SMILES string of the molecule is CCNC/C(O)=C1\C/C=C(/O)CN(C)C(CCc2ccc(Nc3nc(NCCCCCCCC(=O)NCCCCC[C@H](NC(=O)NCC(=O)O)C(=O)O)nc(N4CCC(c5ccccc5)CC4)n3)cc2)C1. The van der Waals surface area contributed by atoms with Crippen molar-refractivity contribution in [2.75, 3.05) is 74.9 Å². The Labute approximate surface area is 418 Å². The van der Waals surface area contributed by atoms with Crippen LogP contribution in [-0.2, 0) is 20.8 Å². The van der Waals surface area contributed by atoms with Crippen LogP contribution in [0.3, 0.4) is 0 Å². The molecule has 19 nitrogen and oxygen atoms in total. The highest BCUT2D eigenvalue weighted by Crippen LogP contribution is 2.30. The molecule has 1 unspecified atom stereocenters. The number of rotatable bonds is 29. The number of carbonyl (C=O) groups is 4. The Morgan fingerprint density at radius 1 is 0.803 bits per heavy atom. The first-order valence-corrected chi connectivity index (χ1v) is 25.5. The van der Waals surface area contributed by atoms with Gasteiger partial charge in [0.2, 0.25) is 23.8 Å². The first-order chi connectivity index (χ1) is 34.4. The summed E-state index contributed by atoms with van der Waals surface area (Å²) in [5, 5.41) is 56.7. The maximum absolute atomic E-state index is 12.4. The molecule has 0 radical (unpaired) electrons. The van der Waals surface area contributed by atoms with Crippen LogP contribution >= 0.6 is 0 Å². The van der Waals surface area contributed by atoms with Gasteiger partial charge in [0.15, 0.2) is 0 Å².